The number of fused-ring (bicyclic) bond motifs is 2. The molecule has 30 heavy (non-hydrogen) atoms. The third kappa shape index (κ3) is 3.53. The first-order valence-electron chi connectivity index (χ1n) is 9.40. The van der Waals surface area contributed by atoms with Gasteiger partial charge in [-0.2, -0.15) is 4.73 Å². The number of nitrogens with one attached hydrogen (secondary N) is 1. The molecule has 0 fully saturated rings. The van der Waals surface area contributed by atoms with Gasteiger partial charge < -0.3 is 24.4 Å². The van der Waals surface area contributed by atoms with Crippen molar-refractivity contribution < 1.29 is 23.4 Å². The molecule has 8 nitrogen and oxygen atoms in total. The zero-order valence-corrected chi connectivity index (χ0v) is 16.9. The van der Waals surface area contributed by atoms with Crippen LogP contribution in [0.3, 0.4) is 0 Å². The lowest BCUT2D eigenvalue weighted by Crippen LogP contribution is -2.36. The highest BCUT2D eigenvalue weighted by Crippen LogP contribution is 2.28. The van der Waals surface area contributed by atoms with Gasteiger partial charge >= 0.3 is 0 Å². The second-order valence-electron chi connectivity index (χ2n) is 6.87. The Balaban J connectivity index is 1.56. The highest BCUT2D eigenvalue weighted by molar-refractivity contribution is 5.94. The smallest absolute Gasteiger partial charge is 0.276 e. The maximum Gasteiger partial charge on any atom is 0.276 e. The molecule has 0 spiro atoms. The summed E-state index contributed by atoms with van der Waals surface area (Å²) in [6.45, 7) is 3.82. The van der Waals surface area contributed by atoms with Crippen LogP contribution in [0.4, 0.5) is 0 Å². The molecule has 8 heteroatoms. The number of methoxy groups -OCH3 is 1. The highest BCUT2D eigenvalue weighted by Gasteiger charge is 2.21. The topological polar surface area (TPSA) is 101 Å². The fourth-order valence-electron chi connectivity index (χ4n) is 3.31. The number of hydrogen-bond acceptors (Lipinski definition) is 6. The molecule has 0 aliphatic heterocycles. The number of aryl methyl sites for hydroxylation is 1. The summed E-state index contributed by atoms with van der Waals surface area (Å²) in [5, 5.41) is 16.2. The summed E-state index contributed by atoms with van der Waals surface area (Å²) in [5.74, 6) is 0.812. The summed E-state index contributed by atoms with van der Waals surface area (Å²) in [4.78, 5) is 17.1. The van der Waals surface area contributed by atoms with Crippen LogP contribution in [0.2, 0.25) is 0 Å². The van der Waals surface area contributed by atoms with Crippen molar-refractivity contribution >= 4 is 27.9 Å². The highest BCUT2D eigenvalue weighted by atomic mass is 16.7. The minimum atomic E-state index is -0.438. The standard InChI is InChI=1S/C22H21N3O5/c1-13-16-9-8-15(29-12-28-3)10-19(16)30-20(13)11-23-22(26)21-14(2)25(27)18-7-5-4-6-17(18)24-21/h4-10H,11-12H2,1-3H3,(H,23,26). The largest absolute Gasteiger partial charge is 0.618 e. The quantitative estimate of drug-likeness (QED) is 0.299. The molecule has 0 bridgehead atoms. The van der Waals surface area contributed by atoms with Gasteiger partial charge in [-0.15, -0.1) is 0 Å². The van der Waals surface area contributed by atoms with E-state index in [0.717, 1.165) is 15.7 Å². The zero-order chi connectivity index (χ0) is 21.3. The molecule has 2 aromatic carbocycles. The Kier molecular flexibility index (Phi) is 5.24. The van der Waals surface area contributed by atoms with Gasteiger partial charge in [0.25, 0.3) is 5.91 Å². The molecule has 0 saturated heterocycles. The summed E-state index contributed by atoms with van der Waals surface area (Å²) in [5.41, 5.74) is 2.80. The number of carbonyl (C=O) groups is 1. The van der Waals surface area contributed by atoms with E-state index in [1.165, 1.54) is 0 Å². The first-order chi connectivity index (χ1) is 14.5. The number of benzene rings is 2. The van der Waals surface area contributed by atoms with Crippen molar-refractivity contribution in [3.63, 3.8) is 0 Å². The molecular weight excluding hydrogens is 386 g/mol. The Bertz CT molecular complexity index is 1250. The monoisotopic (exact) mass is 407 g/mol. The average Bonchev–Trinajstić information content (AvgIpc) is 3.08. The number of para-hydroxylation sites is 2. The van der Waals surface area contributed by atoms with Crippen LogP contribution in [0.1, 0.15) is 27.5 Å². The van der Waals surface area contributed by atoms with Gasteiger partial charge in [-0.25, -0.2) is 4.98 Å². The number of nitrogens with zero attached hydrogens (tertiary/aromatic N) is 2. The molecule has 1 N–H and O–H groups in total. The van der Waals surface area contributed by atoms with Crippen molar-refractivity contribution in [3.8, 4) is 5.75 Å². The zero-order valence-electron chi connectivity index (χ0n) is 16.9. The molecule has 2 aromatic heterocycles. The van der Waals surface area contributed by atoms with Crippen molar-refractivity contribution in [2.45, 2.75) is 20.4 Å². The summed E-state index contributed by atoms with van der Waals surface area (Å²) in [7, 11) is 1.55. The van der Waals surface area contributed by atoms with Crippen LogP contribution in [-0.2, 0) is 11.3 Å². The first-order valence-corrected chi connectivity index (χ1v) is 9.40. The van der Waals surface area contributed by atoms with E-state index in [1.807, 2.05) is 19.1 Å². The average molecular weight is 407 g/mol. The van der Waals surface area contributed by atoms with E-state index in [4.69, 9.17) is 13.9 Å². The van der Waals surface area contributed by atoms with Gasteiger partial charge in [0.1, 0.15) is 22.6 Å². The summed E-state index contributed by atoms with van der Waals surface area (Å²) in [6, 6.07) is 12.4. The molecule has 4 rings (SSSR count). The predicted octanol–water partition coefficient (Wildman–Crippen LogP) is 3.14. The summed E-state index contributed by atoms with van der Waals surface area (Å²) >= 11 is 0. The van der Waals surface area contributed by atoms with Crippen molar-refractivity contribution in [3.05, 3.63) is 70.4 Å². The molecule has 154 valence electrons. The van der Waals surface area contributed by atoms with Crippen LogP contribution in [0, 0.1) is 19.1 Å². The third-order valence-electron chi connectivity index (χ3n) is 4.96. The number of furan rings is 1. The lowest BCUT2D eigenvalue weighted by molar-refractivity contribution is -0.584. The molecular formula is C22H21N3O5. The van der Waals surface area contributed by atoms with Gasteiger partial charge in [0.05, 0.1) is 6.54 Å². The van der Waals surface area contributed by atoms with Gasteiger partial charge in [-0.05, 0) is 25.1 Å². The Morgan fingerprint density at radius 1 is 1.23 bits per heavy atom. The normalized spacial score (nSPS) is 11.2. The molecule has 4 aromatic rings. The first kappa shape index (κ1) is 19.7. The molecule has 0 atom stereocenters. The predicted molar refractivity (Wildman–Crippen MR) is 110 cm³/mol. The maximum atomic E-state index is 12.7. The Hall–Kier alpha value is -3.65. The van der Waals surface area contributed by atoms with Crippen molar-refractivity contribution in [1.29, 1.82) is 0 Å². The van der Waals surface area contributed by atoms with Crippen LogP contribution >= 0.6 is 0 Å². The van der Waals surface area contributed by atoms with E-state index in [1.54, 1.807) is 44.4 Å². The maximum absolute atomic E-state index is 12.7. The summed E-state index contributed by atoms with van der Waals surface area (Å²) < 4.78 is 17.0. The van der Waals surface area contributed by atoms with Crippen molar-refractivity contribution in [1.82, 2.24) is 10.3 Å². The number of ether oxygens (including phenoxy) is 2. The Morgan fingerprint density at radius 2 is 2.03 bits per heavy atom. The number of rotatable bonds is 6. The van der Waals surface area contributed by atoms with E-state index in [-0.39, 0.29) is 24.7 Å². The van der Waals surface area contributed by atoms with Crippen LogP contribution in [-0.4, -0.2) is 24.8 Å². The molecule has 0 radical (unpaired) electrons. The fourth-order valence-corrected chi connectivity index (χ4v) is 3.31. The van der Waals surface area contributed by atoms with E-state index >= 15 is 0 Å². The number of carbonyl (C=O) groups excluding carboxylic acids is 1. The van der Waals surface area contributed by atoms with Crippen LogP contribution in [0.5, 0.6) is 5.75 Å². The minimum Gasteiger partial charge on any atom is -0.618 e. The SMILES string of the molecule is COCOc1ccc2c(C)c(CNC(=O)c3nc4ccccc4[n+]([O-])c3C)oc2c1. The van der Waals surface area contributed by atoms with E-state index in [2.05, 4.69) is 10.3 Å². The Labute approximate surface area is 172 Å². The lowest BCUT2D eigenvalue weighted by Gasteiger charge is -2.09. The second kappa shape index (κ2) is 8.00. The van der Waals surface area contributed by atoms with Gasteiger partial charge in [-0.3, -0.25) is 4.79 Å². The van der Waals surface area contributed by atoms with E-state index in [0.29, 0.717) is 28.1 Å². The van der Waals surface area contributed by atoms with Crippen LogP contribution < -0.4 is 14.8 Å². The van der Waals surface area contributed by atoms with Gasteiger partial charge in [0.15, 0.2) is 12.5 Å². The van der Waals surface area contributed by atoms with Crippen LogP contribution in [0.25, 0.3) is 22.0 Å². The lowest BCUT2D eigenvalue weighted by atomic mass is 10.1. The second-order valence-corrected chi connectivity index (χ2v) is 6.87. The van der Waals surface area contributed by atoms with Crippen molar-refractivity contribution in [2.24, 2.45) is 0 Å². The minimum absolute atomic E-state index is 0.0905. The number of aromatic nitrogens is 2. The molecule has 0 saturated carbocycles. The van der Waals surface area contributed by atoms with Gasteiger partial charge in [-0.1, -0.05) is 12.1 Å². The van der Waals surface area contributed by atoms with E-state index in [9.17, 15) is 10.0 Å². The number of amides is 1. The molecule has 2 heterocycles. The molecule has 0 aliphatic carbocycles. The molecule has 1 amide bonds. The fraction of sp³-hybridized carbons (Fsp3) is 0.227. The molecule has 0 unspecified atom stereocenters. The van der Waals surface area contributed by atoms with Crippen molar-refractivity contribution in [2.75, 3.05) is 13.9 Å². The van der Waals surface area contributed by atoms with Gasteiger partial charge in [0.2, 0.25) is 11.2 Å². The van der Waals surface area contributed by atoms with E-state index < -0.39 is 5.91 Å². The number of hydrogen-bond donors (Lipinski definition) is 1. The third-order valence-corrected chi connectivity index (χ3v) is 4.96. The van der Waals surface area contributed by atoms with Crippen LogP contribution in [0.15, 0.2) is 46.9 Å². The van der Waals surface area contributed by atoms with Gasteiger partial charge in [0, 0.05) is 37.1 Å². The molecule has 0 aliphatic rings. The summed E-state index contributed by atoms with van der Waals surface area (Å²) in [6.07, 6.45) is 0. The Morgan fingerprint density at radius 3 is 2.83 bits per heavy atom.